The molecular weight excluding hydrogens is 393 g/mol. The molecule has 0 spiro atoms. The fourth-order valence-corrected chi connectivity index (χ4v) is 2.25. The van der Waals surface area contributed by atoms with Crippen LogP contribution in [0.3, 0.4) is 0 Å². The van der Waals surface area contributed by atoms with Gasteiger partial charge in [-0.2, -0.15) is 0 Å². The van der Waals surface area contributed by atoms with Gasteiger partial charge in [-0.3, -0.25) is 9.59 Å². The number of amides is 1. The van der Waals surface area contributed by atoms with Crippen molar-refractivity contribution < 1.29 is 14.3 Å². The summed E-state index contributed by atoms with van der Waals surface area (Å²) in [6.45, 7) is 0.596. The summed E-state index contributed by atoms with van der Waals surface area (Å²) in [7, 11) is 1.38. The van der Waals surface area contributed by atoms with Crippen LogP contribution in [0.25, 0.3) is 0 Å². The Kier molecular flexibility index (Phi) is 7.91. The van der Waals surface area contributed by atoms with E-state index in [2.05, 4.69) is 32.6 Å². The smallest absolute Gasteiger partial charge is 0.305 e. The van der Waals surface area contributed by atoms with E-state index >= 15 is 0 Å². The molecule has 0 unspecified atom stereocenters. The van der Waals surface area contributed by atoms with Crippen molar-refractivity contribution in [3.8, 4) is 0 Å². The highest BCUT2D eigenvalue weighted by atomic mass is 127. The van der Waals surface area contributed by atoms with Gasteiger partial charge in [-0.05, 0) is 53.6 Å². The number of esters is 1. The maximum atomic E-state index is 11.9. The normalized spacial score (nSPS) is 10.2. The summed E-state index contributed by atoms with van der Waals surface area (Å²) in [5.41, 5.74) is 0.605. The summed E-state index contributed by atoms with van der Waals surface area (Å²) in [6, 6.07) is 5.18. The molecule has 0 fully saturated rings. The van der Waals surface area contributed by atoms with E-state index < -0.39 is 0 Å². The van der Waals surface area contributed by atoms with Crippen LogP contribution in [0.4, 0.5) is 0 Å². The quantitative estimate of drug-likeness (QED) is 0.427. The van der Waals surface area contributed by atoms with Gasteiger partial charge in [0.1, 0.15) is 0 Å². The van der Waals surface area contributed by atoms with Gasteiger partial charge in [0.25, 0.3) is 5.91 Å². The lowest BCUT2D eigenvalue weighted by molar-refractivity contribution is -0.140. The van der Waals surface area contributed by atoms with Crippen molar-refractivity contribution in [1.29, 1.82) is 0 Å². The molecule has 0 aliphatic heterocycles. The zero-order valence-corrected chi connectivity index (χ0v) is 14.2. The van der Waals surface area contributed by atoms with Gasteiger partial charge in [0.2, 0.25) is 0 Å². The number of carbonyl (C=O) groups is 2. The van der Waals surface area contributed by atoms with Gasteiger partial charge >= 0.3 is 5.97 Å². The minimum absolute atomic E-state index is 0.104. The lowest BCUT2D eigenvalue weighted by Gasteiger charge is -2.06. The van der Waals surface area contributed by atoms with Crippen LogP contribution in [0, 0.1) is 3.57 Å². The average molecular weight is 410 g/mol. The Bertz CT molecular complexity index is 479. The van der Waals surface area contributed by atoms with E-state index in [1.165, 1.54) is 7.11 Å². The molecule has 6 heteroatoms. The summed E-state index contributed by atoms with van der Waals surface area (Å²) >= 11 is 8.00. The number of halogens is 2. The molecule has 110 valence electrons. The van der Waals surface area contributed by atoms with Crippen molar-refractivity contribution in [3.63, 3.8) is 0 Å². The van der Waals surface area contributed by atoms with Crippen LogP contribution in [-0.4, -0.2) is 25.5 Å². The molecule has 0 aliphatic rings. The lowest BCUT2D eigenvalue weighted by Crippen LogP contribution is -2.24. The Morgan fingerprint density at radius 1 is 1.30 bits per heavy atom. The number of benzene rings is 1. The highest BCUT2D eigenvalue weighted by molar-refractivity contribution is 14.1. The summed E-state index contributed by atoms with van der Waals surface area (Å²) in [5.74, 6) is -0.294. The van der Waals surface area contributed by atoms with Gasteiger partial charge in [0.05, 0.1) is 12.1 Å². The molecule has 0 atom stereocenters. The van der Waals surface area contributed by atoms with Crippen LogP contribution in [0.5, 0.6) is 0 Å². The Morgan fingerprint density at radius 3 is 2.70 bits per heavy atom. The maximum absolute atomic E-state index is 11.9. The van der Waals surface area contributed by atoms with Crippen molar-refractivity contribution in [3.05, 3.63) is 32.4 Å². The number of unbranched alkanes of at least 4 members (excludes halogenated alkanes) is 2. The number of rotatable bonds is 7. The SMILES string of the molecule is COC(=O)CCCCCNC(=O)c1ccc(Cl)c(I)c1. The predicted molar refractivity (Wildman–Crippen MR) is 87.0 cm³/mol. The topological polar surface area (TPSA) is 55.4 Å². The maximum Gasteiger partial charge on any atom is 0.305 e. The Labute approximate surface area is 137 Å². The molecule has 1 N–H and O–H groups in total. The second-order valence-electron chi connectivity index (χ2n) is 4.27. The highest BCUT2D eigenvalue weighted by Gasteiger charge is 2.07. The molecule has 0 radical (unpaired) electrons. The molecule has 0 aliphatic carbocycles. The number of methoxy groups -OCH3 is 1. The zero-order valence-electron chi connectivity index (χ0n) is 11.2. The van der Waals surface area contributed by atoms with Gasteiger partial charge in [-0.15, -0.1) is 0 Å². The number of carbonyl (C=O) groups excluding carboxylic acids is 2. The summed E-state index contributed by atoms with van der Waals surface area (Å²) in [6.07, 6.45) is 2.93. The van der Waals surface area contributed by atoms with E-state index in [1.807, 2.05) is 0 Å². The highest BCUT2D eigenvalue weighted by Crippen LogP contribution is 2.19. The summed E-state index contributed by atoms with van der Waals surface area (Å²) < 4.78 is 5.41. The van der Waals surface area contributed by atoms with E-state index in [-0.39, 0.29) is 11.9 Å². The first kappa shape index (κ1) is 17.2. The van der Waals surface area contributed by atoms with Crippen LogP contribution in [-0.2, 0) is 9.53 Å². The fraction of sp³-hybridized carbons (Fsp3) is 0.429. The van der Waals surface area contributed by atoms with Gasteiger partial charge in [-0.25, -0.2) is 0 Å². The largest absolute Gasteiger partial charge is 0.469 e. The van der Waals surface area contributed by atoms with E-state index in [1.54, 1.807) is 18.2 Å². The zero-order chi connectivity index (χ0) is 15.0. The van der Waals surface area contributed by atoms with Crippen LogP contribution in [0.1, 0.15) is 36.0 Å². The first-order valence-corrected chi connectivity index (χ1v) is 7.80. The Balaban J connectivity index is 2.23. The number of ether oxygens (including phenoxy) is 1. The first-order valence-electron chi connectivity index (χ1n) is 6.34. The second-order valence-corrected chi connectivity index (χ2v) is 5.84. The Morgan fingerprint density at radius 2 is 2.05 bits per heavy atom. The monoisotopic (exact) mass is 409 g/mol. The minimum atomic E-state index is -0.190. The van der Waals surface area contributed by atoms with Crippen molar-refractivity contribution in [2.24, 2.45) is 0 Å². The molecular formula is C14H17ClINO3. The standard InChI is InChI=1S/C14H17ClINO3/c1-20-13(18)5-3-2-4-8-17-14(19)10-6-7-11(15)12(16)9-10/h6-7,9H,2-5,8H2,1H3,(H,17,19). The molecule has 0 saturated carbocycles. The van der Waals surface area contributed by atoms with Crippen LogP contribution < -0.4 is 5.32 Å². The van der Waals surface area contributed by atoms with Crippen molar-refractivity contribution in [2.45, 2.75) is 25.7 Å². The summed E-state index contributed by atoms with van der Waals surface area (Å²) in [4.78, 5) is 22.8. The predicted octanol–water partition coefficient (Wildman–Crippen LogP) is 3.41. The van der Waals surface area contributed by atoms with E-state index in [0.717, 1.165) is 22.8 Å². The molecule has 0 bridgehead atoms. The second kappa shape index (κ2) is 9.18. The molecule has 0 heterocycles. The van der Waals surface area contributed by atoms with E-state index in [9.17, 15) is 9.59 Å². The van der Waals surface area contributed by atoms with Gasteiger partial charge in [-0.1, -0.05) is 18.0 Å². The van der Waals surface area contributed by atoms with Crippen molar-refractivity contribution >= 4 is 46.1 Å². The third-order valence-electron chi connectivity index (χ3n) is 2.75. The molecule has 1 rings (SSSR count). The fourth-order valence-electron chi connectivity index (χ4n) is 1.61. The molecule has 0 saturated heterocycles. The van der Waals surface area contributed by atoms with Crippen molar-refractivity contribution in [1.82, 2.24) is 5.32 Å². The van der Waals surface area contributed by atoms with E-state index in [0.29, 0.717) is 23.6 Å². The number of hydrogen-bond donors (Lipinski definition) is 1. The van der Waals surface area contributed by atoms with Crippen LogP contribution >= 0.6 is 34.2 Å². The molecule has 1 amide bonds. The van der Waals surface area contributed by atoms with Gasteiger partial charge in [0, 0.05) is 22.1 Å². The molecule has 4 nitrogen and oxygen atoms in total. The molecule has 0 aromatic heterocycles. The average Bonchev–Trinajstić information content (AvgIpc) is 2.44. The van der Waals surface area contributed by atoms with Gasteiger partial charge in [0.15, 0.2) is 0 Å². The number of nitrogens with one attached hydrogen (secondary N) is 1. The van der Waals surface area contributed by atoms with E-state index in [4.69, 9.17) is 11.6 Å². The molecule has 1 aromatic carbocycles. The number of hydrogen-bond acceptors (Lipinski definition) is 3. The minimum Gasteiger partial charge on any atom is -0.469 e. The third kappa shape index (κ3) is 6.09. The third-order valence-corrected chi connectivity index (χ3v) is 4.29. The lowest BCUT2D eigenvalue weighted by atomic mass is 10.2. The van der Waals surface area contributed by atoms with Gasteiger partial charge < -0.3 is 10.1 Å². The Hall–Kier alpha value is -0.820. The van der Waals surface area contributed by atoms with Crippen molar-refractivity contribution in [2.75, 3.05) is 13.7 Å². The molecule has 1 aromatic rings. The summed E-state index contributed by atoms with van der Waals surface area (Å²) in [5, 5.41) is 3.49. The van der Waals surface area contributed by atoms with Crippen LogP contribution in [0.2, 0.25) is 5.02 Å². The van der Waals surface area contributed by atoms with Crippen LogP contribution in [0.15, 0.2) is 18.2 Å². The molecule has 20 heavy (non-hydrogen) atoms. The first-order chi connectivity index (χ1) is 9.54.